The molecular formula is C16H20FNO4S. The van der Waals surface area contributed by atoms with Gasteiger partial charge in [0.2, 0.25) is 10.0 Å². The molecule has 3 atom stereocenters. The zero-order valence-corrected chi connectivity index (χ0v) is 13.7. The third-order valence-electron chi connectivity index (χ3n) is 4.96. The minimum absolute atomic E-state index is 0.0492. The molecule has 2 aliphatic rings. The molecule has 3 unspecified atom stereocenters. The lowest BCUT2D eigenvalue weighted by Crippen LogP contribution is -2.46. The second-order valence-electron chi connectivity index (χ2n) is 6.47. The molecule has 0 amide bonds. The Kier molecular flexibility index (Phi) is 4.18. The number of halogens is 1. The Morgan fingerprint density at radius 2 is 2.00 bits per heavy atom. The summed E-state index contributed by atoms with van der Waals surface area (Å²) >= 11 is 0. The average molecular weight is 341 g/mol. The number of nitrogens with zero attached hydrogens (tertiary/aromatic N) is 1. The first-order valence-corrected chi connectivity index (χ1v) is 9.29. The Bertz CT molecular complexity index is 734. The lowest BCUT2D eigenvalue weighted by atomic mass is 9.85. The fraction of sp³-hybridized carbons (Fsp3) is 0.562. The molecule has 1 aliphatic carbocycles. The number of carboxylic acids is 1. The average Bonchev–Trinajstić information content (AvgIpc) is 2.87. The molecule has 1 N–H and O–H groups in total. The van der Waals surface area contributed by atoms with Gasteiger partial charge in [-0.2, -0.15) is 4.31 Å². The lowest BCUT2D eigenvalue weighted by molar-refractivity contribution is -0.141. The lowest BCUT2D eigenvalue weighted by Gasteiger charge is -2.32. The number of carbonyl (C=O) groups is 1. The smallest absolute Gasteiger partial charge is 0.322 e. The minimum atomic E-state index is -4.17. The summed E-state index contributed by atoms with van der Waals surface area (Å²) in [5, 5.41) is 9.45. The van der Waals surface area contributed by atoms with Gasteiger partial charge in [0.25, 0.3) is 0 Å². The number of hydrogen-bond acceptors (Lipinski definition) is 3. The molecule has 7 heteroatoms. The molecule has 1 saturated heterocycles. The molecule has 23 heavy (non-hydrogen) atoms. The number of hydrogen-bond donors (Lipinski definition) is 1. The molecule has 0 radical (unpaired) electrons. The van der Waals surface area contributed by atoms with Crippen LogP contribution in [0, 0.1) is 18.7 Å². The van der Waals surface area contributed by atoms with Gasteiger partial charge in [0.05, 0.1) is 0 Å². The molecule has 2 fully saturated rings. The van der Waals surface area contributed by atoms with Crippen LogP contribution in [-0.2, 0) is 14.8 Å². The van der Waals surface area contributed by atoms with Crippen LogP contribution in [0.1, 0.15) is 37.7 Å². The maximum absolute atomic E-state index is 14.2. The predicted octanol–water partition coefficient (Wildman–Crippen LogP) is 2.54. The zero-order chi connectivity index (χ0) is 16.8. The molecule has 0 spiro atoms. The van der Waals surface area contributed by atoms with Crippen molar-refractivity contribution >= 4 is 16.0 Å². The van der Waals surface area contributed by atoms with Gasteiger partial charge in [-0.1, -0.05) is 18.9 Å². The highest BCUT2D eigenvalue weighted by Crippen LogP contribution is 2.43. The van der Waals surface area contributed by atoms with Gasteiger partial charge in [-0.05, 0) is 49.8 Å². The normalized spacial score (nSPS) is 28.5. The van der Waals surface area contributed by atoms with E-state index in [0.29, 0.717) is 18.4 Å². The first-order valence-electron chi connectivity index (χ1n) is 7.85. The van der Waals surface area contributed by atoms with Crippen LogP contribution >= 0.6 is 0 Å². The molecule has 1 aliphatic heterocycles. The SMILES string of the molecule is Cc1ccc(S(=O)(=O)N2C(C(=O)O)CC3CCCCC32)c(F)c1. The van der Waals surface area contributed by atoms with Gasteiger partial charge in [-0.3, -0.25) is 4.79 Å². The van der Waals surface area contributed by atoms with E-state index in [0.717, 1.165) is 29.6 Å². The molecule has 1 saturated carbocycles. The van der Waals surface area contributed by atoms with Crippen molar-refractivity contribution in [1.29, 1.82) is 0 Å². The third-order valence-corrected chi connectivity index (χ3v) is 6.92. The summed E-state index contributed by atoms with van der Waals surface area (Å²) < 4.78 is 41.2. The monoisotopic (exact) mass is 341 g/mol. The number of rotatable bonds is 3. The Hall–Kier alpha value is -1.47. The molecule has 3 rings (SSSR count). The summed E-state index contributed by atoms with van der Waals surface area (Å²) in [6, 6.07) is 2.48. The van der Waals surface area contributed by atoms with E-state index in [1.54, 1.807) is 6.92 Å². The number of sulfonamides is 1. The first kappa shape index (κ1) is 16.4. The van der Waals surface area contributed by atoms with E-state index < -0.39 is 32.7 Å². The van der Waals surface area contributed by atoms with Crippen molar-refractivity contribution in [3.05, 3.63) is 29.6 Å². The van der Waals surface area contributed by atoms with Crippen LogP contribution < -0.4 is 0 Å². The van der Waals surface area contributed by atoms with Crippen LogP contribution in [0.2, 0.25) is 0 Å². The van der Waals surface area contributed by atoms with Gasteiger partial charge in [-0.25, -0.2) is 12.8 Å². The van der Waals surface area contributed by atoms with Crippen molar-refractivity contribution in [1.82, 2.24) is 4.31 Å². The van der Waals surface area contributed by atoms with Gasteiger partial charge in [-0.15, -0.1) is 0 Å². The van der Waals surface area contributed by atoms with E-state index in [-0.39, 0.29) is 12.0 Å². The Morgan fingerprint density at radius 1 is 1.30 bits per heavy atom. The fourth-order valence-corrected chi connectivity index (χ4v) is 5.82. The summed E-state index contributed by atoms with van der Waals surface area (Å²) in [7, 11) is -4.17. The summed E-state index contributed by atoms with van der Waals surface area (Å²) in [4.78, 5) is 11.1. The highest BCUT2D eigenvalue weighted by atomic mass is 32.2. The van der Waals surface area contributed by atoms with E-state index >= 15 is 0 Å². The number of carboxylic acid groups (broad SMARTS) is 1. The van der Waals surface area contributed by atoms with Crippen LogP contribution in [-0.4, -0.2) is 35.9 Å². The van der Waals surface area contributed by atoms with E-state index in [9.17, 15) is 22.7 Å². The quantitative estimate of drug-likeness (QED) is 0.917. The van der Waals surface area contributed by atoms with Crippen molar-refractivity contribution in [2.75, 3.05) is 0 Å². The molecule has 5 nitrogen and oxygen atoms in total. The Balaban J connectivity index is 2.06. The molecule has 1 aromatic carbocycles. The van der Waals surface area contributed by atoms with Gasteiger partial charge in [0.15, 0.2) is 0 Å². The van der Waals surface area contributed by atoms with Crippen LogP contribution in [0.3, 0.4) is 0 Å². The van der Waals surface area contributed by atoms with Gasteiger partial charge < -0.3 is 5.11 Å². The highest BCUT2D eigenvalue weighted by molar-refractivity contribution is 7.89. The van der Waals surface area contributed by atoms with Crippen LogP contribution in [0.15, 0.2) is 23.1 Å². The second-order valence-corrected chi connectivity index (χ2v) is 8.28. The van der Waals surface area contributed by atoms with Crippen molar-refractivity contribution in [2.24, 2.45) is 5.92 Å². The molecule has 0 bridgehead atoms. The summed E-state index contributed by atoms with van der Waals surface area (Å²) in [5.74, 6) is -1.93. The van der Waals surface area contributed by atoms with Crippen LogP contribution in [0.25, 0.3) is 0 Å². The van der Waals surface area contributed by atoms with E-state index in [1.165, 1.54) is 12.1 Å². The molecule has 126 valence electrons. The number of aliphatic carboxylic acids is 1. The largest absolute Gasteiger partial charge is 0.480 e. The summed E-state index contributed by atoms with van der Waals surface area (Å²) in [6.45, 7) is 1.67. The molecule has 1 heterocycles. The maximum atomic E-state index is 14.2. The molecular weight excluding hydrogens is 321 g/mol. The van der Waals surface area contributed by atoms with Gasteiger partial charge in [0.1, 0.15) is 16.8 Å². The van der Waals surface area contributed by atoms with Crippen LogP contribution in [0.5, 0.6) is 0 Å². The van der Waals surface area contributed by atoms with Gasteiger partial charge in [0, 0.05) is 6.04 Å². The zero-order valence-electron chi connectivity index (χ0n) is 12.9. The van der Waals surface area contributed by atoms with Crippen LogP contribution in [0.4, 0.5) is 4.39 Å². The third kappa shape index (κ3) is 2.76. The number of aryl methyl sites for hydroxylation is 1. The van der Waals surface area contributed by atoms with Crippen molar-refractivity contribution in [2.45, 2.75) is 56.0 Å². The Labute approximate surface area is 135 Å². The van der Waals surface area contributed by atoms with E-state index in [2.05, 4.69) is 0 Å². The fourth-order valence-electron chi connectivity index (χ4n) is 3.90. The van der Waals surface area contributed by atoms with Crippen molar-refractivity contribution in [3.8, 4) is 0 Å². The standard InChI is InChI=1S/C16H20FNO4S/c1-10-6-7-15(12(17)8-10)23(21,22)18-13-5-3-2-4-11(13)9-14(18)16(19)20/h6-8,11,13-14H,2-5,9H2,1H3,(H,19,20). The summed E-state index contributed by atoms with van der Waals surface area (Å²) in [6.07, 6.45) is 3.64. The first-order chi connectivity index (χ1) is 10.8. The molecule has 1 aromatic rings. The minimum Gasteiger partial charge on any atom is -0.480 e. The highest BCUT2D eigenvalue weighted by Gasteiger charge is 2.51. The topological polar surface area (TPSA) is 74.7 Å². The Morgan fingerprint density at radius 3 is 2.65 bits per heavy atom. The van der Waals surface area contributed by atoms with Crippen molar-refractivity contribution in [3.63, 3.8) is 0 Å². The predicted molar refractivity (Wildman–Crippen MR) is 81.9 cm³/mol. The number of fused-ring (bicyclic) bond motifs is 1. The second kappa shape index (κ2) is 5.87. The number of benzene rings is 1. The van der Waals surface area contributed by atoms with E-state index in [4.69, 9.17) is 0 Å². The molecule has 0 aromatic heterocycles. The van der Waals surface area contributed by atoms with Gasteiger partial charge >= 0.3 is 5.97 Å². The van der Waals surface area contributed by atoms with E-state index in [1.807, 2.05) is 0 Å². The maximum Gasteiger partial charge on any atom is 0.322 e. The van der Waals surface area contributed by atoms with Crippen molar-refractivity contribution < 1.29 is 22.7 Å². The summed E-state index contributed by atoms with van der Waals surface area (Å²) in [5.41, 5.74) is 0.619.